The molecule has 1 aliphatic rings. The van der Waals surface area contributed by atoms with E-state index in [1.807, 2.05) is 6.07 Å². The van der Waals surface area contributed by atoms with Crippen LogP contribution >= 0.6 is 0 Å². The average molecular weight is 321 g/mol. The summed E-state index contributed by atoms with van der Waals surface area (Å²) in [6, 6.07) is 4.82. The summed E-state index contributed by atoms with van der Waals surface area (Å²) in [5.41, 5.74) is 0. The third-order valence-electron chi connectivity index (χ3n) is 4.03. The average Bonchev–Trinajstić information content (AvgIpc) is 2.53. The monoisotopic (exact) mass is 321 g/mol. The fourth-order valence-corrected chi connectivity index (χ4v) is 4.63. The SMILES string of the molecule is N#CCNC(=O)C1CCCCC1CS(=O)(=O)c1ccncc1. The van der Waals surface area contributed by atoms with Crippen molar-refractivity contribution < 1.29 is 13.2 Å². The Morgan fingerprint density at radius 2 is 2.00 bits per heavy atom. The molecular formula is C15H19N3O3S. The molecule has 1 saturated carbocycles. The van der Waals surface area contributed by atoms with Gasteiger partial charge in [0.1, 0.15) is 6.54 Å². The Hall–Kier alpha value is -1.94. The van der Waals surface area contributed by atoms with Gasteiger partial charge in [-0.3, -0.25) is 9.78 Å². The van der Waals surface area contributed by atoms with Crippen LogP contribution in [0.2, 0.25) is 0 Å². The van der Waals surface area contributed by atoms with E-state index in [1.165, 1.54) is 24.5 Å². The third-order valence-corrected chi connectivity index (χ3v) is 5.89. The van der Waals surface area contributed by atoms with Crippen molar-refractivity contribution in [3.05, 3.63) is 24.5 Å². The highest BCUT2D eigenvalue weighted by molar-refractivity contribution is 7.91. The number of amides is 1. The van der Waals surface area contributed by atoms with Crippen molar-refractivity contribution >= 4 is 15.7 Å². The van der Waals surface area contributed by atoms with Crippen LogP contribution in [0.1, 0.15) is 25.7 Å². The molecule has 6 nitrogen and oxygen atoms in total. The van der Waals surface area contributed by atoms with Gasteiger partial charge in [-0.15, -0.1) is 0 Å². The summed E-state index contributed by atoms with van der Waals surface area (Å²) in [5, 5.41) is 11.1. The number of nitrogens with zero attached hydrogens (tertiary/aromatic N) is 2. The van der Waals surface area contributed by atoms with Crippen LogP contribution in [0.15, 0.2) is 29.4 Å². The summed E-state index contributed by atoms with van der Waals surface area (Å²) in [4.78, 5) is 16.2. The lowest BCUT2D eigenvalue weighted by molar-refractivity contribution is -0.127. The first kappa shape index (κ1) is 16.4. The molecule has 1 amide bonds. The van der Waals surface area contributed by atoms with Gasteiger partial charge < -0.3 is 5.32 Å². The zero-order chi connectivity index (χ0) is 16.0. The summed E-state index contributed by atoms with van der Waals surface area (Å²) in [7, 11) is -3.43. The second-order valence-corrected chi connectivity index (χ2v) is 7.53. The summed E-state index contributed by atoms with van der Waals surface area (Å²) in [6.45, 7) is -0.0425. The Kier molecular flexibility index (Phi) is 5.50. The van der Waals surface area contributed by atoms with Crippen LogP contribution < -0.4 is 5.32 Å². The molecule has 0 bridgehead atoms. The summed E-state index contributed by atoms with van der Waals surface area (Å²) >= 11 is 0. The van der Waals surface area contributed by atoms with E-state index in [0.717, 1.165) is 19.3 Å². The molecule has 0 spiro atoms. The molecule has 2 unspecified atom stereocenters. The van der Waals surface area contributed by atoms with Gasteiger partial charge in [-0.2, -0.15) is 5.26 Å². The highest BCUT2D eigenvalue weighted by Gasteiger charge is 2.34. The predicted octanol–water partition coefficient (Wildman–Crippen LogP) is 1.30. The number of pyridine rings is 1. The molecule has 1 aromatic heterocycles. The molecule has 1 N–H and O–H groups in total. The molecule has 22 heavy (non-hydrogen) atoms. The van der Waals surface area contributed by atoms with Gasteiger partial charge in [0.25, 0.3) is 0 Å². The molecule has 0 saturated heterocycles. The molecule has 1 heterocycles. The first-order valence-electron chi connectivity index (χ1n) is 7.32. The lowest BCUT2D eigenvalue weighted by atomic mass is 9.80. The molecule has 7 heteroatoms. The van der Waals surface area contributed by atoms with E-state index >= 15 is 0 Å². The highest BCUT2D eigenvalue weighted by atomic mass is 32.2. The van der Waals surface area contributed by atoms with Gasteiger partial charge in [-0.1, -0.05) is 12.8 Å². The topological polar surface area (TPSA) is 99.9 Å². The van der Waals surface area contributed by atoms with Crippen LogP contribution in [0.5, 0.6) is 0 Å². The Balaban J connectivity index is 2.12. The number of aromatic nitrogens is 1. The molecule has 0 aliphatic heterocycles. The van der Waals surface area contributed by atoms with E-state index in [9.17, 15) is 13.2 Å². The molecule has 1 fully saturated rings. The van der Waals surface area contributed by atoms with Gasteiger partial charge in [0.2, 0.25) is 5.91 Å². The van der Waals surface area contributed by atoms with Crippen LogP contribution in [-0.4, -0.2) is 31.6 Å². The Bertz CT molecular complexity index is 652. The smallest absolute Gasteiger partial charge is 0.224 e. The number of nitrogens with one attached hydrogen (secondary N) is 1. The van der Waals surface area contributed by atoms with E-state index in [2.05, 4.69) is 10.3 Å². The van der Waals surface area contributed by atoms with Gasteiger partial charge in [-0.25, -0.2) is 8.42 Å². The molecule has 0 radical (unpaired) electrons. The van der Waals surface area contributed by atoms with Gasteiger partial charge in [0, 0.05) is 18.3 Å². The number of hydrogen-bond acceptors (Lipinski definition) is 5. The van der Waals surface area contributed by atoms with E-state index in [0.29, 0.717) is 6.42 Å². The van der Waals surface area contributed by atoms with Gasteiger partial charge in [-0.05, 0) is 30.9 Å². The molecule has 0 aromatic carbocycles. The molecular weight excluding hydrogens is 302 g/mol. The number of nitriles is 1. The lowest BCUT2D eigenvalue weighted by Gasteiger charge is -2.30. The third kappa shape index (κ3) is 4.04. The molecule has 1 aromatic rings. The fraction of sp³-hybridized carbons (Fsp3) is 0.533. The number of carbonyl (C=O) groups excluding carboxylic acids is 1. The number of carbonyl (C=O) groups is 1. The normalized spacial score (nSPS) is 21.8. The van der Waals surface area contributed by atoms with Crippen LogP contribution in [0.3, 0.4) is 0 Å². The van der Waals surface area contributed by atoms with E-state index in [1.54, 1.807) is 0 Å². The van der Waals surface area contributed by atoms with Crippen molar-refractivity contribution in [2.75, 3.05) is 12.3 Å². The van der Waals surface area contributed by atoms with Crippen molar-refractivity contribution in [1.82, 2.24) is 10.3 Å². The zero-order valence-corrected chi connectivity index (χ0v) is 13.1. The quantitative estimate of drug-likeness (QED) is 0.824. The standard InChI is InChI=1S/C15H19N3O3S/c16-7-10-18-15(19)14-4-2-1-3-12(14)11-22(20,21)13-5-8-17-9-6-13/h5-6,8-9,12,14H,1-4,10-11H2,(H,18,19). The number of sulfone groups is 1. The minimum absolute atomic E-state index is 0.0400. The van der Waals surface area contributed by atoms with Gasteiger partial charge in [0.05, 0.1) is 16.7 Å². The largest absolute Gasteiger partial charge is 0.343 e. The Labute approximate surface area is 130 Å². The molecule has 2 rings (SSSR count). The van der Waals surface area contributed by atoms with E-state index in [-0.39, 0.29) is 34.9 Å². The van der Waals surface area contributed by atoms with Gasteiger partial charge >= 0.3 is 0 Å². The molecule has 2 atom stereocenters. The maximum absolute atomic E-state index is 12.5. The Morgan fingerprint density at radius 1 is 1.32 bits per heavy atom. The minimum Gasteiger partial charge on any atom is -0.343 e. The number of hydrogen-bond donors (Lipinski definition) is 1. The maximum Gasteiger partial charge on any atom is 0.224 e. The minimum atomic E-state index is -3.43. The summed E-state index contributed by atoms with van der Waals surface area (Å²) in [6.07, 6.45) is 6.13. The van der Waals surface area contributed by atoms with Crippen LogP contribution in [0, 0.1) is 23.2 Å². The molecule has 118 valence electrons. The van der Waals surface area contributed by atoms with Crippen molar-refractivity contribution in [3.8, 4) is 6.07 Å². The van der Waals surface area contributed by atoms with Crippen molar-refractivity contribution in [2.45, 2.75) is 30.6 Å². The zero-order valence-electron chi connectivity index (χ0n) is 12.2. The Morgan fingerprint density at radius 3 is 2.68 bits per heavy atom. The van der Waals surface area contributed by atoms with Crippen molar-refractivity contribution in [2.24, 2.45) is 11.8 Å². The molecule has 1 aliphatic carbocycles. The predicted molar refractivity (Wildman–Crippen MR) is 80.4 cm³/mol. The van der Waals surface area contributed by atoms with Crippen molar-refractivity contribution in [3.63, 3.8) is 0 Å². The first-order chi connectivity index (χ1) is 10.5. The second-order valence-electron chi connectivity index (χ2n) is 5.49. The fourth-order valence-electron chi connectivity index (χ4n) is 2.93. The summed E-state index contributed by atoms with van der Waals surface area (Å²) in [5.74, 6) is -0.790. The van der Waals surface area contributed by atoms with Crippen LogP contribution in [0.25, 0.3) is 0 Å². The number of rotatable bonds is 5. The lowest BCUT2D eigenvalue weighted by Crippen LogP contribution is -2.39. The highest BCUT2D eigenvalue weighted by Crippen LogP contribution is 2.32. The summed E-state index contributed by atoms with van der Waals surface area (Å²) < 4.78 is 24.9. The van der Waals surface area contributed by atoms with Crippen molar-refractivity contribution in [1.29, 1.82) is 5.26 Å². The van der Waals surface area contributed by atoms with Crippen LogP contribution in [-0.2, 0) is 14.6 Å². The van der Waals surface area contributed by atoms with E-state index in [4.69, 9.17) is 5.26 Å². The first-order valence-corrected chi connectivity index (χ1v) is 8.97. The van der Waals surface area contributed by atoms with Gasteiger partial charge in [0.15, 0.2) is 9.84 Å². The van der Waals surface area contributed by atoms with E-state index < -0.39 is 9.84 Å². The van der Waals surface area contributed by atoms with Crippen LogP contribution in [0.4, 0.5) is 0 Å². The second kappa shape index (κ2) is 7.36. The maximum atomic E-state index is 12.5.